The van der Waals surface area contributed by atoms with Gasteiger partial charge in [-0.1, -0.05) is 32.9 Å². The average molecular weight is 392 g/mol. The van der Waals surface area contributed by atoms with Crippen LogP contribution in [0.1, 0.15) is 26.3 Å². The summed E-state index contributed by atoms with van der Waals surface area (Å²) in [7, 11) is -3.51. The van der Waals surface area contributed by atoms with E-state index in [2.05, 4.69) is 26.1 Å². The Hall–Kier alpha value is -2.61. The highest BCUT2D eigenvalue weighted by Gasteiger charge is 2.18. The third-order valence-corrected chi connectivity index (χ3v) is 5.11. The summed E-state index contributed by atoms with van der Waals surface area (Å²) in [5, 5.41) is 14.1. The summed E-state index contributed by atoms with van der Waals surface area (Å²) in [5.41, 5.74) is 1.23. The lowest BCUT2D eigenvalue weighted by atomic mass is 9.87. The smallest absolute Gasteiger partial charge is 0.293 e. The first-order valence-electron chi connectivity index (χ1n) is 8.44. The zero-order chi connectivity index (χ0) is 20.2. The molecule has 0 unspecified atom stereocenters. The summed E-state index contributed by atoms with van der Waals surface area (Å²) in [6, 6.07) is 11.6. The van der Waals surface area contributed by atoms with Crippen molar-refractivity contribution in [1.82, 2.24) is 0 Å². The third-order valence-electron chi connectivity index (χ3n) is 4.00. The number of anilines is 1. The molecule has 0 aliphatic heterocycles. The molecule has 0 saturated heterocycles. The maximum absolute atomic E-state index is 11.6. The summed E-state index contributed by atoms with van der Waals surface area (Å²) >= 11 is 0. The predicted octanol–water partition coefficient (Wildman–Crippen LogP) is 3.79. The number of benzene rings is 2. The van der Waals surface area contributed by atoms with Crippen molar-refractivity contribution in [3.63, 3.8) is 0 Å². The van der Waals surface area contributed by atoms with Crippen LogP contribution in [0.25, 0.3) is 0 Å². The van der Waals surface area contributed by atoms with E-state index < -0.39 is 14.8 Å². The van der Waals surface area contributed by atoms with Crippen LogP contribution in [0.2, 0.25) is 0 Å². The van der Waals surface area contributed by atoms with Gasteiger partial charge in [-0.15, -0.1) is 0 Å². The van der Waals surface area contributed by atoms with Gasteiger partial charge in [-0.3, -0.25) is 10.1 Å². The van der Waals surface area contributed by atoms with Crippen LogP contribution < -0.4 is 10.1 Å². The lowest BCUT2D eigenvalue weighted by molar-refractivity contribution is -0.384. The maximum Gasteiger partial charge on any atom is 0.293 e. The van der Waals surface area contributed by atoms with Crippen LogP contribution in [0.15, 0.2) is 47.4 Å². The van der Waals surface area contributed by atoms with E-state index in [4.69, 9.17) is 4.74 Å². The fraction of sp³-hybridized carbons (Fsp3) is 0.368. The summed E-state index contributed by atoms with van der Waals surface area (Å²) in [4.78, 5) is 10.5. The topological polar surface area (TPSA) is 98.5 Å². The van der Waals surface area contributed by atoms with Crippen molar-refractivity contribution < 1.29 is 18.1 Å². The van der Waals surface area contributed by atoms with Crippen molar-refractivity contribution in [2.75, 3.05) is 24.7 Å². The molecular weight excluding hydrogens is 368 g/mol. The number of nitrogens with zero attached hydrogens (tertiary/aromatic N) is 1. The Morgan fingerprint density at radius 2 is 1.74 bits per heavy atom. The van der Waals surface area contributed by atoms with Crippen LogP contribution in [0.4, 0.5) is 11.4 Å². The van der Waals surface area contributed by atoms with Crippen LogP contribution in [0.3, 0.4) is 0 Å². The minimum atomic E-state index is -3.51. The molecule has 0 aliphatic carbocycles. The van der Waals surface area contributed by atoms with Crippen molar-refractivity contribution in [2.24, 2.45) is 0 Å². The molecule has 0 fully saturated rings. The van der Waals surface area contributed by atoms with Gasteiger partial charge in [-0.05, 0) is 35.2 Å². The number of sulfone groups is 1. The highest BCUT2D eigenvalue weighted by atomic mass is 32.2. The number of rotatable bonds is 7. The Balaban J connectivity index is 1.98. The Kier molecular flexibility index (Phi) is 6.10. The van der Waals surface area contributed by atoms with Gasteiger partial charge in [0.15, 0.2) is 9.84 Å². The van der Waals surface area contributed by atoms with Crippen molar-refractivity contribution in [3.8, 4) is 5.75 Å². The second-order valence-corrected chi connectivity index (χ2v) is 9.27. The largest absolute Gasteiger partial charge is 0.492 e. The minimum absolute atomic E-state index is 0.0666. The first-order chi connectivity index (χ1) is 12.5. The number of hydrogen-bond donors (Lipinski definition) is 1. The quantitative estimate of drug-likeness (QED) is 0.437. The zero-order valence-corrected chi connectivity index (χ0v) is 16.7. The van der Waals surface area contributed by atoms with Crippen molar-refractivity contribution in [2.45, 2.75) is 31.1 Å². The second-order valence-electron chi connectivity index (χ2n) is 7.26. The van der Waals surface area contributed by atoms with Gasteiger partial charge in [0, 0.05) is 18.9 Å². The number of nitro groups is 1. The monoisotopic (exact) mass is 392 g/mol. The van der Waals surface area contributed by atoms with Gasteiger partial charge >= 0.3 is 0 Å². The molecule has 146 valence electrons. The standard InChI is InChI=1S/C19H24N2O5S/c1-19(2,3)14-5-7-15(8-6-14)26-12-11-20-17-10-9-16(27(4,24)25)13-18(17)21(22)23/h5-10,13,20H,11-12H2,1-4H3. The van der Waals surface area contributed by atoms with Crippen LogP contribution in [0, 0.1) is 10.1 Å². The molecule has 7 nitrogen and oxygen atoms in total. The molecule has 0 saturated carbocycles. The van der Waals surface area contributed by atoms with E-state index in [0.29, 0.717) is 18.9 Å². The van der Waals surface area contributed by atoms with Crippen molar-refractivity contribution >= 4 is 21.2 Å². The van der Waals surface area contributed by atoms with E-state index in [1.807, 2.05) is 24.3 Å². The van der Waals surface area contributed by atoms with Gasteiger partial charge in [0.1, 0.15) is 18.0 Å². The van der Waals surface area contributed by atoms with Gasteiger partial charge in [0.2, 0.25) is 0 Å². The Morgan fingerprint density at radius 3 is 2.26 bits per heavy atom. The van der Waals surface area contributed by atoms with E-state index in [1.165, 1.54) is 17.7 Å². The van der Waals surface area contributed by atoms with Gasteiger partial charge < -0.3 is 10.1 Å². The number of nitro benzene ring substituents is 1. The summed E-state index contributed by atoms with van der Waals surface area (Å²) < 4.78 is 28.8. The normalized spacial score (nSPS) is 11.9. The first kappa shape index (κ1) is 20.7. The van der Waals surface area contributed by atoms with Crippen LogP contribution in [0.5, 0.6) is 5.75 Å². The van der Waals surface area contributed by atoms with Crippen LogP contribution in [-0.4, -0.2) is 32.7 Å². The lowest BCUT2D eigenvalue weighted by Crippen LogP contribution is -2.13. The SMILES string of the molecule is CC(C)(C)c1ccc(OCCNc2ccc(S(C)(=O)=O)cc2[N+](=O)[O-])cc1. The van der Waals surface area contributed by atoms with Gasteiger partial charge in [-0.2, -0.15) is 0 Å². The number of ether oxygens (including phenoxy) is 1. The molecule has 8 heteroatoms. The molecular formula is C19H24N2O5S. The Bertz CT molecular complexity index is 916. The van der Waals surface area contributed by atoms with E-state index in [1.54, 1.807) is 0 Å². The maximum atomic E-state index is 11.6. The predicted molar refractivity (Wildman–Crippen MR) is 105 cm³/mol. The Morgan fingerprint density at radius 1 is 1.11 bits per heavy atom. The first-order valence-corrected chi connectivity index (χ1v) is 10.3. The molecule has 0 heterocycles. The molecule has 0 aromatic heterocycles. The molecule has 0 aliphatic rings. The van der Waals surface area contributed by atoms with Gasteiger partial charge in [0.25, 0.3) is 5.69 Å². The number of hydrogen-bond acceptors (Lipinski definition) is 6. The summed E-state index contributed by atoms with van der Waals surface area (Å²) in [6.07, 6.45) is 1.01. The fourth-order valence-electron chi connectivity index (χ4n) is 2.45. The van der Waals surface area contributed by atoms with E-state index in [9.17, 15) is 18.5 Å². The molecule has 0 spiro atoms. The molecule has 0 bridgehead atoms. The summed E-state index contributed by atoms with van der Waals surface area (Å²) in [6.45, 7) is 7.04. The highest BCUT2D eigenvalue weighted by Crippen LogP contribution is 2.27. The number of nitrogens with one attached hydrogen (secondary N) is 1. The minimum Gasteiger partial charge on any atom is -0.492 e. The summed E-state index contributed by atoms with van der Waals surface area (Å²) in [5.74, 6) is 0.715. The Labute approximate surface area is 159 Å². The van der Waals surface area contributed by atoms with Gasteiger partial charge in [-0.25, -0.2) is 8.42 Å². The molecule has 2 rings (SSSR count). The average Bonchev–Trinajstić information content (AvgIpc) is 2.57. The molecule has 0 atom stereocenters. The zero-order valence-electron chi connectivity index (χ0n) is 15.9. The highest BCUT2D eigenvalue weighted by molar-refractivity contribution is 7.90. The molecule has 0 radical (unpaired) electrons. The third kappa shape index (κ3) is 5.68. The van der Waals surface area contributed by atoms with E-state index >= 15 is 0 Å². The molecule has 2 aromatic rings. The molecule has 27 heavy (non-hydrogen) atoms. The molecule has 1 N–H and O–H groups in total. The van der Waals surface area contributed by atoms with Crippen LogP contribution >= 0.6 is 0 Å². The van der Waals surface area contributed by atoms with E-state index in [0.717, 1.165) is 12.3 Å². The van der Waals surface area contributed by atoms with Gasteiger partial charge in [0.05, 0.1) is 9.82 Å². The van der Waals surface area contributed by atoms with Crippen molar-refractivity contribution in [1.29, 1.82) is 0 Å². The van der Waals surface area contributed by atoms with E-state index in [-0.39, 0.29) is 21.7 Å². The second kappa shape index (κ2) is 7.96. The lowest BCUT2D eigenvalue weighted by Gasteiger charge is -2.19. The van der Waals surface area contributed by atoms with Crippen LogP contribution in [-0.2, 0) is 15.3 Å². The molecule has 0 amide bonds. The fourth-order valence-corrected chi connectivity index (χ4v) is 3.09. The molecule has 2 aromatic carbocycles. The van der Waals surface area contributed by atoms with Crippen molar-refractivity contribution in [3.05, 3.63) is 58.1 Å².